The summed E-state index contributed by atoms with van der Waals surface area (Å²) in [6.07, 6.45) is 8.84. The molecule has 0 spiro atoms. The third kappa shape index (κ3) is 4.43. The lowest BCUT2D eigenvalue weighted by molar-refractivity contribution is -0.136. The Labute approximate surface area is 177 Å². The average molecular weight is 417 g/mol. The van der Waals surface area contributed by atoms with Crippen molar-refractivity contribution in [2.45, 2.75) is 70.4 Å². The Morgan fingerprint density at radius 3 is 2.67 bits per heavy atom. The average Bonchev–Trinajstić information content (AvgIpc) is 3.24. The quantitative estimate of drug-likeness (QED) is 0.791. The van der Waals surface area contributed by atoms with Crippen molar-refractivity contribution in [2.75, 3.05) is 26.8 Å². The molecule has 2 aliphatic heterocycles. The van der Waals surface area contributed by atoms with Gasteiger partial charge in [-0.2, -0.15) is 0 Å². The molecule has 8 nitrogen and oxygen atoms in total. The SMILES string of the molecule is COCC(=O)N1CCC[C@H]1c1nc2c(c(=O)[nH]1)CN(C(=O)CC1CCCCC1)CC2. The van der Waals surface area contributed by atoms with E-state index in [0.717, 1.165) is 31.4 Å². The number of carbonyl (C=O) groups excluding carboxylic acids is 2. The number of rotatable bonds is 5. The molecule has 2 fully saturated rings. The van der Waals surface area contributed by atoms with Gasteiger partial charge in [-0.25, -0.2) is 4.98 Å². The number of ether oxygens (including phenoxy) is 1. The van der Waals surface area contributed by atoms with E-state index >= 15 is 0 Å². The van der Waals surface area contributed by atoms with E-state index in [0.29, 0.717) is 49.8 Å². The van der Waals surface area contributed by atoms with Crippen molar-refractivity contribution in [2.24, 2.45) is 5.92 Å². The van der Waals surface area contributed by atoms with Crippen molar-refractivity contribution in [3.05, 3.63) is 27.4 Å². The smallest absolute Gasteiger partial charge is 0.256 e. The number of carbonyl (C=O) groups is 2. The van der Waals surface area contributed by atoms with E-state index in [1.807, 2.05) is 4.90 Å². The first-order valence-corrected chi connectivity index (χ1v) is 11.2. The number of aromatic nitrogens is 2. The molecule has 8 heteroatoms. The number of hydrogen-bond donors (Lipinski definition) is 1. The number of nitrogens with one attached hydrogen (secondary N) is 1. The molecule has 1 saturated carbocycles. The van der Waals surface area contributed by atoms with Crippen LogP contribution in [0.3, 0.4) is 0 Å². The molecule has 0 unspecified atom stereocenters. The van der Waals surface area contributed by atoms with Crippen LogP contribution in [0.5, 0.6) is 0 Å². The lowest BCUT2D eigenvalue weighted by Crippen LogP contribution is -2.41. The van der Waals surface area contributed by atoms with Gasteiger partial charge in [0.2, 0.25) is 11.8 Å². The van der Waals surface area contributed by atoms with Gasteiger partial charge >= 0.3 is 0 Å². The summed E-state index contributed by atoms with van der Waals surface area (Å²) in [4.78, 5) is 49.1. The molecule has 1 aromatic rings. The Morgan fingerprint density at radius 2 is 1.90 bits per heavy atom. The molecule has 0 radical (unpaired) electrons. The van der Waals surface area contributed by atoms with Crippen LogP contribution in [0.2, 0.25) is 0 Å². The maximum Gasteiger partial charge on any atom is 0.256 e. The Balaban J connectivity index is 1.46. The lowest BCUT2D eigenvalue weighted by atomic mass is 9.86. The fourth-order valence-electron chi connectivity index (χ4n) is 5.14. The summed E-state index contributed by atoms with van der Waals surface area (Å²) in [5.41, 5.74) is 1.17. The van der Waals surface area contributed by atoms with Crippen LogP contribution in [-0.2, 0) is 27.3 Å². The molecule has 4 rings (SSSR count). The van der Waals surface area contributed by atoms with Gasteiger partial charge in [0.25, 0.3) is 5.56 Å². The minimum Gasteiger partial charge on any atom is -0.375 e. The molecule has 1 atom stereocenters. The second-order valence-corrected chi connectivity index (χ2v) is 8.83. The minimum absolute atomic E-state index is 0.0315. The fraction of sp³-hybridized carbons (Fsp3) is 0.727. The second-order valence-electron chi connectivity index (χ2n) is 8.83. The highest BCUT2D eigenvalue weighted by molar-refractivity contribution is 5.78. The summed E-state index contributed by atoms with van der Waals surface area (Å²) in [7, 11) is 1.50. The van der Waals surface area contributed by atoms with E-state index in [2.05, 4.69) is 4.98 Å². The van der Waals surface area contributed by atoms with Gasteiger partial charge in [-0.15, -0.1) is 0 Å². The van der Waals surface area contributed by atoms with Crippen molar-refractivity contribution in [3.8, 4) is 0 Å². The third-order valence-electron chi connectivity index (χ3n) is 6.78. The normalized spacial score (nSPS) is 22.2. The Bertz CT molecular complexity index is 846. The molecule has 0 bridgehead atoms. The van der Waals surface area contributed by atoms with Crippen LogP contribution in [0.1, 0.15) is 74.5 Å². The van der Waals surface area contributed by atoms with Crippen LogP contribution in [0.15, 0.2) is 4.79 Å². The number of amides is 2. The van der Waals surface area contributed by atoms with Crippen molar-refractivity contribution < 1.29 is 14.3 Å². The van der Waals surface area contributed by atoms with Crippen LogP contribution in [0, 0.1) is 5.92 Å². The van der Waals surface area contributed by atoms with Gasteiger partial charge in [0.1, 0.15) is 12.4 Å². The Kier molecular flexibility index (Phi) is 6.51. The highest BCUT2D eigenvalue weighted by Gasteiger charge is 2.33. The van der Waals surface area contributed by atoms with Crippen LogP contribution in [-0.4, -0.2) is 58.4 Å². The third-order valence-corrected chi connectivity index (χ3v) is 6.78. The molecule has 2 amide bonds. The monoisotopic (exact) mass is 416 g/mol. The van der Waals surface area contributed by atoms with E-state index in [1.54, 1.807) is 4.90 Å². The maximum atomic E-state index is 12.8. The largest absolute Gasteiger partial charge is 0.375 e. The predicted molar refractivity (Wildman–Crippen MR) is 111 cm³/mol. The number of likely N-dealkylation sites (tertiary alicyclic amines) is 1. The molecule has 1 aromatic heterocycles. The van der Waals surface area contributed by atoms with E-state index in [-0.39, 0.29) is 30.0 Å². The standard InChI is InChI=1S/C22H32N4O4/c1-30-14-20(28)26-10-5-8-18(26)21-23-17-9-11-25(13-16(17)22(29)24-21)19(27)12-15-6-3-2-4-7-15/h15,18H,2-14H2,1H3,(H,23,24,29)/t18-/m0/s1. The number of methoxy groups -OCH3 is 1. The van der Waals surface area contributed by atoms with Gasteiger partial charge in [-0.05, 0) is 31.6 Å². The molecular formula is C22H32N4O4. The van der Waals surface area contributed by atoms with Crippen LogP contribution in [0.4, 0.5) is 0 Å². The first-order chi connectivity index (χ1) is 14.6. The molecule has 0 aromatic carbocycles. The lowest BCUT2D eigenvalue weighted by Gasteiger charge is -2.31. The van der Waals surface area contributed by atoms with E-state index in [9.17, 15) is 14.4 Å². The van der Waals surface area contributed by atoms with E-state index in [1.165, 1.54) is 26.4 Å². The van der Waals surface area contributed by atoms with Crippen molar-refractivity contribution in [3.63, 3.8) is 0 Å². The zero-order chi connectivity index (χ0) is 21.1. The molecule has 1 aliphatic carbocycles. The first kappa shape index (κ1) is 21.0. The Hall–Kier alpha value is -2.22. The molecule has 3 aliphatic rings. The molecule has 1 saturated heterocycles. The van der Waals surface area contributed by atoms with Crippen molar-refractivity contribution >= 4 is 11.8 Å². The summed E-state index contributed by atoms with van der Waals surface area (Å²) in [6.45, 7) is 1.62. The molecule has 3 heterocycles. The number of nitrogens with zero attached hydrogens (tertiary/aromatic N) is 3. The molecule has 30 heavy (non-hydrogen) atoms. The number of H-pyrrole nitrogens is 1. The van der Waals surface area contributed by atoms with Crippen molar-refractivity contribution in [1.29, 1.82) is 0 Å². The van der Waals surface area contributed by atoms with Gasteiger partial charge in [0.15, 0.2) is 0 Å². The maximum absolute atomic E-state index is 12.8. The zero-order valence-electron chi connectivity index (χ0n) is 17.8. The summed E-state index contributed by atoms with van der Waals surface area (Å²) >= 11 is 0. The summed E-state index contributed by atoms with van der Waals surface area (Å²) in [5.74, 6) is 1.12. The fourth-order valence-corrected chi connectivity index (χ4v) is 5.14. The first-order valence-electron chi connectivity index (χ1n) is 11.2. The van der Waals surface area contributed by atoms with E-state index in [4.69, 9.17) is 9.72 Å². The van der Waals surface area contributed by atoms with E-state index < -0.39 is 0 Å². The second kappa shape index (κ2) is 9.29. The highest BCUT2D eigenvalue weighted by Crippen LogP contribution is 2.31. The summed E-state index contributed by atoms with van der Waals surface area (Å²) < 4.78 is 4.98. The van der Waals surface area contributed by atoms with Gasteiger partial charge in [-0.3, -0.25) is 14.4 Å². The summed E-state index contributed by atoms with van der Waals surface area (Å²) in [6, 6.07) is -0.211. The van der Waals surface area contributed by atoms with Crippen LogP contribution >= 0.6 is 0 Å². The molecule has 164 valence electrons. The number of aromatic amines is 1. The predicted octanol–water partition coefficient (Wildman–Crippen LogP) is 1.93. The zero-order valence-corrected chi connectivity index (χ0v) is 17.8. The van der Waals surface area contributed by atoms with Gasteiger partial charge in [-0.1, -0.05) is 19.3 Å². The minimum atomic E-state index is -0.211. The van der Waals surface area contributed by atoms with Crippen molar-refractivity contribution in [1.82, 2.24) is 19.8 Å². The summed E-state index contributed by atoms with van der Waals surface area (Å²) in [5, 5.41) is 0. The number of hydrogen-bond acceptors (Lipinski definition) is 5. The molecule has 1 N–H and O–H groups in total. The van der Waals surface area contributed by atoms with Gasteiger partial charge in [0.05, 0.1) is 23.8 Å². The highest BCUT2D eigenvalue weighted by atomic mass is 16.5. The van der Waals surface area contributed by atoms with Gasteiger partial charge < -0.3 is 19.5 Å². The van der Waals surface area contributed by atoms with Crippen LogP contribution in [0.25, 0.3) is 0 Å². The number of fused-ring (bicyclic) bond motifs is 1. The van der Waals surface area contributed by atoms with Gasteiger partial charge in [0, 0.05) is 33.0 Å². The van der Waals surface area contributed by atoms with Crippen LogP contribution < -0.4 is 5.56 Å². The Morgan fingerprint density at radius 1 is 1.10 bits per heavy atom. The molecular weight excluding hydrogens is 384 g/mol. The topological polar surface area (TPSA) is 95.6 Å².